The highest BCUT2D eigenvalue weighted by atomic mass is 127. The average molecular weight is 681 g/mol. The normalized spacial score (nSPS) is 11.8. The number of carbonyl (C=O) groups is 2. The van der Waals surface area contributed by atoms with Gasteiger partial charge in [-0.1, -0.05) is 41.4 Å². The van der Waals surface area contributed by atoms with Crippen LogP contribution in [-0.2, 0) is 4.79 Å². The SMILES string of the molecule is Cc1cc([C@@H](C(N)=O)c2ccc(Cl)cc2)c(Cl)cc1NC(=O)c1cc(I)cc(I)c1O. The first-order valence-electron chi connectivity index (χ1n) is 8.92. The fourth-order valence-corrected chi connectivity index (χ4v) is 5.38. The van der Waals surface area contributed by atoms with Gasteiger partial charge in [-0.2, -0.15) is 0 Å². The lowest BCUT2D eigenvalue weighted by molar-refractivity contribution is -0.118. The molecule has 0 aliphatic rings. The Morgan fingerprint density at radius 2 is 1.71 bits per heavy atom. The summed E-state index contributed by atoms with van der Waals surface area (Å²) in [4.78, 5) is 25.0. The molecule has 0 heterocycles. The molecular weight excluding hydrogens is 665 g/mol. The lowest BCUT2D eigenvalue weighted by Gasteiger charge is -2.19. The number of primary amides is 1. The van der Waals surface area contributed by atoms with E-state index in [0.717, 1.165) is 3.57 Å². The second-order valence-electron chi connectivity index (χ2n) is 6.81. The van der Waals surface area contributed by atoms with Gasteiger partial charge in [-0.25, -0.2) is 0 Å². The van der Waals surface area contributed by atoms with E-state index >= 15 is 0 Å². The minimum absolute atomic E-state index is 0.0876. The van der Waals surface area contributed by atoms with E-state index in [1.807, 2.05) is 22.6 Å². The first-order valence-corrected chi connectivity index (χ1v) is 11.8. The van der Waals surface area contributed by atoms with Crippen molar-refractivity contribution < 1.29 is 14.7 Å². The third kappa shape index (κ3) is 5.44. The van der Waals surface area contributed by atoms with E-state index in [1.165, 1.54) is 0 Å². The zero-order valence-corrected chi connectivity index (χ0v) is 21.9. The van der Waals surface area contributed by atoms with E-state index in [9.17, 15) is 14.7 Å². The molecule has 9 heteroatoms. The largest absolute Gasteiger partial charge is 0.506 e. The molecule has 1 atom stereocenters. The van der Waals surface area contributed by atoms with E-state index < -0.39 is 17.7 Å². The zero-order chi connectivity index (χ0) is 22.9. The van der Waals surface area contributed by atoms with Crippen LogP contribution in [0.5, 0.6) is 5.75 Å². The van der Waals surface area contributed by atoms with Crippen molar-refractivity contribution >= 4 is 85.9 Å². The van der Waals surface area contributed by atoms with Crippen molar-refractivity contribution in [3.63, 3.8) is 0 Å². The van der Waals surface area contributed by atoms with Gasteiger partial charge in [0.2, 0.25) is 5.91 Å². The number of aryl methyl sites for hydroxylation is 1. The van der Waals surface area contributed by atoms with Gasteiger partial charge in [0.15, 0.2) is 0 Å². The smallest absolute Gasteiger partial charge is 0.259 e. The van der Waals surface area contributed by atoms with Gasteiger partial charge in [0.1, 0.15) is 5.75 Å². The molecule has 0 unspecified atom stereocenters. The third-order valence-electron chi connectivity index (χ3n) is 4.66. The van der Waals surface area contributed by atoms with Gasteiger partial charge >= 0.3 is 0 Å². The quantitative estimate of drug-likeness (QED) is 0.285. The van der Waals surface area contributed by atoms with Gasteiger partial charge < -0.3 is 16.2 Å². The summed E-state index contributed by atoms with van der Waals surface area (Å²) in [7, 11) is 0. The number of aromatic hydroxyl groups is 1. The molecule has 0 saturated heterocycles. The van der Waals surface area contributed by atoms with Gasteiger partial charge in [0.05, 0.1) is 15.1 Å². The highest BCUT2D eigenvalue weighted by Crippen LogP contribution is 2.35. The van der Waals surface area contributed by atoms with E-state index in [0.29, 0.717) is 31.0 Å². The van der Waals surface area contributed by atoms with Crippen LogP contribution in [0.2, 0.25) is 10.0 Å². The van der Waals surface area contributed by atoms with E-state index in [2.05, 4.69) is 27.9 Å². The van der Waals surface area contributed by atoms with Gasteiger partial charge in [-0.05, 0) is 99.1 Å². The van der Waals surface area contributed by atoms with Gasteiger partial charge in [-0.3, -0.25) is 9.59 Å². The molecule has 3 aromatic rings. The Hall–Kier alpha value is -1.56. The molecule has 160 valence electrons. The van der Waals surface area contributed by atoms with Crippen LogP contribution in [0.15, 0.2) is 48.5 Å². The summed E-state index contributed by atoms with van der Waals surface area (Å²) in [6.45, 7) is 1.79. The minimum Gasteiger partial charge on any atom is -0.506 e. The number of benzene rings is 3. The van der Waals surface area contributed by atoms with Crippen LogP contribution in [0.1, 0.15) is 33.0 Å². The fraction of sp³-hybridized carbons (Fsp3) is 0.0909. The summed E-state index contributed by atoms with van der Waals surface area (Å²) < 4.78 is 1.40. The highest BCUT2D eigenvalue weighted by Gasteiger charge is 2.24. The van der Waals surface area contributed by atoms with Gasteiger partial charge in [0.25, 0.3) is 5.91 Å². The van der Waals surface area contributed by atoms with Crippen LogP contribution in [0.4, 0.5) is 5.69 Å². The summed E-state index contributed by atoms with van der Waals surface area (Å²) in [6.07, 6.45) is 0. The first kappa shape index (κ1) is 24.1. The molecule has 0 aliphatic carbocycles. The molecule has 3 rings (SSSR count). The van der Waals surface area contributed by atoms with Crippen LogP contribution in [0.3, 0.4) is 0 Å². The Bertz CT molecular complexity index is 1180. The summed E-state index contributed by atoms with van der Waals surface area (Å²) in [5.41, 5.74) is 8.17. The lowest BCUT2D eigenvalue weighted by Crippen LogP contribution is -2.23. The van der Waals surface area contributed by atoms with Crippen molar-refractivity contribution in [3.8, 4) is 5.75 Å². The molecular formula is C22H16Cl2I2N2O3. The van der Waals surface area contributed by atoms with E-state index in [1.54, 1.807) is 55.5 Å². The predicted molar refractivity (Wildman–Crippen MR) is 140 cm³/mol. The molecule has 31 heavy (non-hydrogen) atoms. The molecule has 4 N–H and O–H groups in total. The molecule has 0 fully saturated rings. The summed E-state index contributed by atoms with van der Waals surface area (Å²) in [5.74, 6) is -1.88. The van der Waals surface area contributed by atoms with Crippen molar-refractivity contribution in [1.82, 2.24) is 0 Å². The molecule has 0 saturated carbocycles. The number of hydrogen-bond donors (Lipinski definition) is 3. The molecule has 0 spiro atoms. The second kappa shape index (κ2) is 9.93. The van der Waals surface area contributed by atoms with Gasteiger partial charge in [-0.15, -0.1) is 0 Å². The number of halogens is 4. The number of hydrogen-bond acceptors (Lipinski definition) is 3. The Labute approximate surface area is 216 Å². The highest BCUT2D eigenvalue weighted by molar-refractivity contribution is 14.1. The molecule has 5 nitrogen and oxygen atoms in total. The van der Waals surface area contributed by atoms with Crippen LogP contribution in [0, 0.1) is 14.1 Å². The van der Waals surface area contributed by atoms with Crippen molar-refractivity contribution in [2.45, 2.75) is 12.8 Å². The Morgan fingerprint density at radius 3 is 2.32 bits per heavy atom. The Kier molecular flexibility index (Phi) is 7.72. The number of rotatable bonds is 5. The molecule has 0 aliphatic heterocycles. The summed E-state index contributed by atoms with van der Waals surface area (Å²) >= 11 is 16.5. The van der Waals surface area contributed by atoms with Gasteiger partial charge in [0, 0.05) is 19.3 Å². The monoisotopic (exact) mass is 680 g/mol. The number of phenolic OH excluding ortho intramolecular Hbond substituents is 1. The van der Waals surface area contributed by atoms with Crippen LogP contribution in [0.25, 0.3) is 0 Å². The second-order valence-corrected chi connectivity index (χ2v) is 10.1. The van der Waals surface area contributed by atoms with Crippen molar-refractivity contribution in [1.29, 1.82) is 0 Å². The van der Waals surface area contributed by atoms with Crippen molar-refractivity contribution in [2.75, 3.05) is 5.32 Å². The third-order valence-corrected chi connectivity index (χ3v) is 6.69. The van der Waals surface area contributed by atoms with Crippen LogP contribution >= 0.6 is 68.4 Å². The maximum absolute atomic E-state index is 12.8. The minimum atomic E-state index is -0.769. The van der Waals surface area contributed by atoms with Crippen LogP contribution in [-0.4, -0.2) is 16.9 Å². The Balaban J connectivity index is 1.97. The average Bonchev–Trinajstić information content (AvgIpc) is 2.69. The fourth-order valence-electron chi connectivity index (χ4n) is 3.14. The number of nitrogens with one attached hydrogen (secondary N) is 1. The standard InChI is InChI=1S/C22H16Cl2I2N2O3/c1-10-6-14(19(21(27)30)11-2-4-12(23)5-3-11)16(24)9-18(10)28-22(31)15-7-13(25)8-17(26)20(15)29/h2-9,19,29H,1H3,(H2,27,30)(H,28,31)/t19-/m0/s1. The van der Waals surface area contributed by atoms with E-state index in [4.69, 9.17) is 28.9 Å². The maximum atomic E-state index is 12.8. The first-order chi connectivity index (χ1) is 14.6. The predicted octanol–water partition coefficient (Wildman–Crippen LogP) is 6.09. The number of phenols is 1. The zero-order valence-electron chi connectivity index (χ0n) is 16.0. The Morgan fingerprint density at radius 1 is 1.06 bits per heavy atom. The van der Waals surface area contributed by atoms with Crippen molar-refractivity contribution in [3.05, 3.63) is 88.0 Å². The maximum Gasteiger partial charge on any atom is 0.259 e. The molecule has 0 radical (unpaired) electrons. The summed E-state index contributed by atoms with van der Waals surface area (Å²) in [6, 6.07) is 13.5. The number of carbonyl (C=O) groups excluding carboxylic acids is 2. The van der Waals surface area contributed by atoms with E-state index in [-0.39, 0.29) is 16.3 Å². The summed E-state index contributed by atoms with van der Waals surface area (Å²) in [5, 5.41) is 13.9. The molecule has 0 bridgehead atoms. The lowest BCUT2D eigenvalue weighted by atomic mass is 9.89. The number of anilines is 1. The number of amides is 2. The number of nitrogens with two attached hydrogens (primary N) is 1. The molecule has 0 aromatic heterocycles. The molecule has 3 aromatic carbocycles. The van der Waals surface area contributed by atoms with Crippen molar-refractivity contribution in [2.24, 2.45) is 5.73 Å². The van der Waals surface area contributed by atoms with Crippen LogP contribution < -0.4 is 11.1 Å². The topological polar surface area (TPSA) is 92.4 Å². The molecule has 2 amide bonds.